The van der Waals surface area contributed by atoms with Crippen molar-refractivity contribution in [2.45, 2.75) is 31.2 Å². The predicted molar refractivity (Wildman–Crippen MR) is 91.2 cm³/mol. The minimum absolute atomic E-state index is 0.0682. The zero-order valence-electron chi connectivity index (χ0n) is 14.8. The summed E-state index contributed by atoms with van der Waals surface area (Å²) < 4.78 is 33.4. The lowest BCUT2D eigenvalue weighted by atomic mass is 10.2. The van der Waals surface area contributed by atoms with Crippen molar-refractivity contribution in [3.63, 3.8) is 0 Å². The number of nitrogens with zero attached hydrogens (tertiary/aromatic N) is 6. The van der Waals surface area contributed by atoms with E-state index >= 15 is 0 Å². The lowest BCUT2D eigenvalue weighted by Crippen LogP contribution is -2.29. The first-order chi connectivity index (χ1) is 13.6. The standard InChI is InChI=1S/C18H16F2N6O2/c19-13-4-3-11(7-14(13)20)18(27)25-6-5-12(8-25)26-9-15(22-24-26)17-21-16(23-28-17)10-1-2-10/h3-4,7,9-10,12H,1-2,5-6,8H2. The zero-order valence-corrected chi connectivity index (χ0v) is 14.8. The number of hydrogen-bond donors (Lipinski definition) is 0. The molecule has 2 aliphatic rings. The highest BCUT2D eigenvalue weighted by Gasteiger charge is 2.31. The van der Waals surface area contributed by atoms with Crippen LogP contribution in [0.1, 0.15) is 47.4 Å². The number of rotatable bonds is 4. The van der Waals surface area contributed by atoms with Gasteiger partial charge in [0.15, 0.2) is 23.2 Å². The molecule has 1 aliphatic carbocycles. The Morgan fingerprint density at radius 1 is 1.18 bits per heavy atom. The Kier molecular flexibility index (Phi) is 3.92. The number of aromatic nitrogens is 5. The molecule has 1 unspecified atom stereocenters. The van der Waals surface area contributed by atoms with E-state index in [4.69, 9.17) is 4.52 Å². The fourth-order valence-corrected chi connectivity index (χ4v) is 3.35. The molecular formula is C18H16F2N6O2. The van der Waals surface area contributed by atoms with Gasteiger partial charge < -0.3 is 9.42 Å². The van der Waals surface area contributed by atoms with Gasteiger partial charge in [0.1, 0.15) is 0 Å². The smallest absolute Gasteiger partial charge is 0.280 e. The van der Waals surface area contributed by atoms with Gasteiger partial charge in [0.2, 0.25) is 0 Å². The summed E-state index contributed by atoms with van der Waals surface area (Å²) in [5, 5.41) is 12.2. The quantitative estimate of drug-likeness (QED) is 0.685. The fraction of sp³-hybridized carbons (Fsp3) is 0.389. The van der Waals surface area contributed by atoms with E-state index in [1.165, 1.54) is 6.07 Å². The number of benzene rings is 1. The van der Waals surface area contributed by atoms with Crippen LogP contribution in [-0.4, -0.2) is 49.0 Å². The van der Waals surface area contributed by atoms with Crippen LogP contribution >= 0.6 is 0 Å². The third kappa shape index (κ3) is 3.04. The van der Waals surface area contributed by atoms with Gasteiger partial charge >= 0.3 is 0 Å². The lowest BCUT2D eigenvalue weighted by Gasteiger charge is -2.16. The molecule has 1 aromatic carbocycles. The van der Waals surface area contributed by atoms with Gasteiger partial charge in [0.05, 0.1) is 12.2 Å². The number of amides is 1. The molecule has 1 saturated carbocycles. The molecule has 5 rings (SSSR count). The van der Waals surface area contributed by atoms with Crippen molar-refractivity contribution >= 4 is 5.91 Å². The molecule has 0 radical (unpaired) electrons. The van der Waals surface area contributed by atoms with Crippen molar-refractivity contribution in [2.24, 2.45) is 0 Å². The third-order valence-corrected chi connectivity index (χ3v) is 5.10. The highest BCUT2D eigenvalue weighted by atomic mass is 19.2. The molecule has 1 atom stereocenters. The Hall–Kier alpha value is -3.17. The normalized spacial score (nSPS) is 19.4. The summed E-state index contributed by atoms with van der Waals surface area (Å²) in [4.78, 5) is 18.5. The van der Waals surface area contributed by atoms with Crippen LogP contribution in [0.25, 0.3) is 11.6 Å². The van der Waals surface area contributed by atoms with Crippen LogP contribution in [0, 0.1) is 11.6 Å². The molecule has 1 aliphatic heterocycles. The second-order valence-corrected chi connectivity index (χ2v) is 7.14. The van der Waals surface area contributed by atoms with Gasteiger partial charge in [0.25, 0.3) is 11.8 Å². The van der Waals surface area contributed by atoms with E-state index in [-0.39, 0.29) is 17.5 Å². The summed E-state index contributed by atoms with van der Waals surface area (Å²) in [5.74, 6) is -0.926. The van der Waals surface area contributed by atoms with Crippen LogP contribution in [0.4, 0.5) is 8.78 Å². The van der Waals surface area contributed by atoms with Crippen molar-refractivity contribution in [1.29, 1.82) is 0 Å². The topological polar surface area (TPSA) is 89.9 Å². The summed E-state index contributed by atoms with van der Waals surface area (Å²) in [5.41, 5.74) is 0.613. The van der Waals surface area contributed by atoms with Gasteiger partial charge in [-0.25, -0.2) is 13.5 Å². The highest BCUT2D eigenvalue weighted by Crippen LogP contribution is 2.38. The minimum atomic E-state index is -1.03. The van der Waals surface area contributed by atoms with Crippen molar-refractivity contribution < 1.29 is 18.1 Å². The summed E-state index contributed by atoms with van der Waals surface area (Å²) in [6, 6.07) is 3.10. The van der Waals surface area contributed by atoms with Crippen LogP contribution in [0.2, 0.25) is 0 Å². The van der Waals surface area contributed by atoms with Gasteiger partial charge in [0, 0.05) is 24.6 Å². The molecule has 8 nitrogen and oxygen atoms in total. The van der Waals surface area contributed by atoms with Crippen LogP contribution in [0.5, 0.6) is 0 Å². The van der Waals surface area contributed by atoms with E-state index in [0.29, 0.717) is 42.8 Å². The highest BCUT2D eigenvalue weighted by molar-refractivity contribution is 5.94. The molecule has 2 fully saturated rings. The molecule has 0 bridgehead atoms. The van der Waals surface area contributed by atoms with Crippen LogP contribution in [0.3, 0.4) is 0 Å². The van der Waals surface area contributed by atoms with Crippen LogP contribution in [0.15, 0.2) is 28.9 Å². The van der Waals surface area contributed by atoms with E-state index in [9.17, 15) is 13.6 Å². The second-order valence-electron chi connectivity index (χ2n) is 7.14. The number of likely N-dealkylation sites (tertiary alicyclic amines) is 1. The number of carbonyl (C=O) groups excluding carboxylic acids is 1. The first-order valence-corrected chi connectivity index (χ1v) is 9.08. The summed E-state index contributed by atoms with van der Waals surface area (Å²) in [6.07, 6.45) is 4.56. The van der Waals surface area contributed by atoms with Crippen molar-refractivity contribution in [3.05, 3.63) is 47.4 Å². The van der Waals surface area contributed by atoms with Gasteiger partial charge in [-0.1, -0.05) is 10.4 Å². The summed E-state index contributed by atoms with van der Waals surface area (Å²) in [6.45, 7) is 0.891. The van der Waals surface area contributed by atoms with Crippen molar-refractivity contribution in [2.75, 3.05) is 13.1 Å². The Balaban J connectivity index is 1.28. The van der Waals surface area contributed by atoms with Gasteiger partial charge in [-0.3, -0.25) is 4.79 Å². The van der Waals surface area contributed by atoms with E-state index in [1.807, 2.05) is 0 Å². The Morgan fingerprint density at radius 3 is 2.82 bits per heavy atom. The van der Waals surface area contributed by atoms with Crippen molar-refractivity contribution in [3.8, 4) is 11.6 Å². The number of hydrogen-bond acceptors (Lipinski definition) is 6. The molecule has 3 heterocycles. The number of carbonyl (C=O) groups is 1. The average molecular weight is 386 g/mol. The molecule has 1 amide bonds. The first-order valence-electron chi connectivity index (χ1n) is 9.08. The molecule has 0 spiro atoms. The predicted octanol–water partition coefficient (Wildman–Crippen LogP) is 2.57. The van der Waals surface area contributed by atoms with Crippen LogP contribution in [-0.2, 0) is 0 Å². The molecular weight excluding hydrogens is 370 g/mol. The molecule has 3 aromatic rings. The molecule has 10 heteroatoms. The molecule has 28 heavy (non-hydrogen) atoms. The second kappa shape index (κ2) is 6.47. The fourth-order valence-electron chi connectivity index (χ4n) is 3.35. The molecule has 144 valence electrons. The van der Waals surface area contributed by atoms with Gasteiger partial charge in [-0.2, -0.15) is 4.98 Å². The lowest BCUT2D eigenvalue weighted by molar-refractivity contribution is 0.0786. The van der Waals surface area contributed by atoms with Gasteiger partial charge in [-0.15, -0.1) is 5.10 Å². The maximum Gasteiger partial charge on any atom is 0.280 e. The van der Waals surface area contributed by atoms with Crippen molar-refractivity contribution in [1.82, 2.24) is 30.0 Å². The van der Waals surface area contributed by atoms with E-state index < -0.39 is 11.6 Å². The largest absolute Gasteiger partial charge is 0.336 e. The first kappa shape index (κ1) is 17.0. The van der Waals surface area contributed by atoms with Crippen LogP contribution < -0.4 is 0 Å². The molecule has 1 saturated heterocycles. The minimum Gasteiger partial charge on any atom is -0.336 e. The molecule has 0 N–H and O–H groups in total. The average Bonchev–Trinajstić information content (AvgIpc) is 3.12. The molecule has 2 aromatic heterocycles. The summed E-state index contributed by atoms with van der Waals surface area (Å²) in [7, 11) is 0. The van der Waals surface area contributed by atoms with E-state index in [1.54, 1.807) is 15.8 Å². The third-order valence-electron chi connectivity index (χ3n) is 5.10. The number of halogens is 2. The maximum absolute atomic E-state index is 13.4. The summed E-state index contributed by atoms with van der Waals surface area (Å²) >= 11 is 0. The van der Waals surface area contributed by atoms with E-state index in [2.05, 4.69) is 20.5 Å². The monoisotopic (exact) mass is 386 g/mol. The maximum atomic E-state index is 13.4. The Labute approximate surface area is 158 Å². The SMILES string of the molecule is O=C(c1ccc(F)c(F)c1)N1CCC(n2cc(-c3nc(C4CC4)no3)nn2)C1. The van der Waals surface area contributed by atoms with E-state index in [0.717, 1.165) is 25.0 Å². The Bertz CT molecular complexity index is 1040. The van der Waals surface area contributed by atoms with Gasteiger partial charge in [-0.05, 0) is 37.5 Å². The zero-order chi connectivity index (χ0) is 19.3. The Morgan fingerprint density at radius 2 is 2.04 bits per heavy atom.